The van der Waals surface area contributed by atoms with Crippen molar-refractivity contribution in [3.05, 3.63) is 29.6 Å². The SMILES string of the molecule is Cc1cc(-c2nnn(C[C@H](O)CN3C[C@@H](C)O[C@@H](C)C3)n2)ccc1F. The number of hydrogen-bond acceptors (Lipinski definition) is 6. The van der Waals surface area contributed by atoms with Crippen LogP contribution >= 0.6 is 0 Å². The molecule has 1 aromatic heterocycles. The van der Waals surface area contributed by atoms with Crippen LogP contribution in [-0.4, -0.2) is 68.2 Å². The third-order valence-electron chi connectivity index (χ3n) is 4.21. The highest BCUT2D eigenvalue weighted by atomic mass is 19.1. The molecule has 2 heterocycles. The molecule has 1 aliphatic heterocycles. The molecule has 1 saturated heterocycles. The van der Waals surface area contributed by atoms with Crippen LogP contribution in [0.2, 0.25) is 0 Å². The van der Waals surface area contributed by atoms with Crippen LogP contribution in [0.25, 0.3) is 11.4 Å². The summed E-state index contributed by atoms with van der Waals surface area (Å²) in [6.45, 7) is 8.14. The number of aliphatic hydroxyl groups is 1. The van der Waals surface area contributed by atoms with Gasteiger partial charge in [-0.2, -0.15) is 4.80 Å². The normalized spacial score (nSPS) is 22.9. The van der Waals surface area contributed by atoms with Crippen LogP contribution in [0.1, 0.15) is 19.4 Å². The van der Waals surface area contributed by atoms with Crippen LogP contribution < -0.4 is 0 Å². The van der Waals surface area contributed by atoms with Gasteiger partial charge < -0.3 is 9.84 Å². The molecule has 25 heavy (non-hydrogen) atoms. The van der Waals surface area contributed by atoms with Gasteiger partial charge in [0, 0.05) is 25.2 Å². The summed E-state index contributed by atoms with van der Waals surface area (Å²) in [6.07, 6.45) is -0.281. The highest BCUT2D eigenvalue weighted by Gasteiger charge is 2.24. The lowest BCUT2D eigenvalue weighted by Crippen LogP contribution is -2.48. The lowest BCUT2D eigenvalue weighted by atomic mass is 10.1. The number of β-amino-alcohol motifs (C(OH)–C–C–N with tert-alkyl or cyclic N) is 1. The van der Waals surface area contributed by atoms with Gasteiger partial charge in [-0.15, -0.1) is 10.2 Å². The Balaban J connectivity index is 1.60. The fourth-order valence-electron chi connectivity index (χ4n) is 3.20. The summed E-state index contributed by atoms with van der Waals surface area (Å²) >= 11 is 0. The van der Waals surface area contributed by atoms with Crippen LogP contribution in [0.15, 0.2) is 18.2 Å². The summed E-state index contributed by atoms with van der Waals surface area (Å²) in [5.74, 6) is 0.157. The number of aryl methyl sites for hydroxylation is 1. The lowest BCUT2D eigenvalue weighted by molar-refractivity contribution is -0.0776. The second-order valence-corrected chi connectivity index (χ2v) is 6.76. The quantitative estimate of drug-likeness (QED) is 0.876. The molecule has 136 valence electrons. The van der Waals surface area contributed by atoms with Gasteiger partial charge in [-0.1, -0.05) is 0 Å². The van der Waals surface area contributed by atoms with Gasteiger partial charge in [-0.25, -0.2) is 4.39 Å². The Morgan fingerprint density at radius 3 is 2.68 bits per heavy atom. The van der Waals surface area contributed by atoms with E-state index >= 15 is 0 Å². The molecule has 1 N–H and O–H groups in total. The first kappa shape index (κ1) is 17.9. The molecule has 0 aliphatic carbocycles. The third-order valence-corrected chi connectivity index (χ3v) is 4.21. The average Bonchev–Trinajstić information content (AvgIpc) is 2.97. The predicted octanol–water partition coefficient (Wildman–Crippen LogP) is 1.26. The number of aliphatic hydroxyl groups excluding tert-OH is 1. The Labute approximate surface area is 146 Å². The lowest BCUT2D eigenvalue weighted by Gasteiger charge is -2.36. The van der Waals surface area contributed by atoms with Crippen LogP contribution in [0.3, 0.4) is 0 Å². The summed E-state index contributed by atoms with van der Waals surface area (Å²) in [5.41, 5.74) is 1.24. The molecule has 0 saturated carbocycles. The molecule has 3 rings (SSSR count). The van der Waals surface area contributed by atoms with Gasteiger partial charge in [0.25, 0.3) is 0 Å². The van der Waals surface area contributed by atoms with Crippen molar-refractivity contribution in [2.75, 3.05) is 19.6 Å². The monoisotopic (exact) mass is 349 g/mol. The highest BCUT2D eigenvalue weighted by molar-refractivity contribution is 5.54. The smallest absolute Gasteiger partial charge is 0.204 e. The zero-order valence-corrected chi connectivity index (χ0v) is 14.8. The summed E-state index contributed by atoms with van der Waals surface area (Å²) in [4.78, 5) is 3.57. The third kappa shape index (κ3) is 4.59. The summed E-state index contributed by atoms with van der Waals surface area (Å²) in [5, 5.41) is 22.6. The number of ether oxygens (including phenoxy) is 1. The van der Waals surface area contributed by atoms with Crippen LogP contribution in [0.5, 0.6) is 0 Å². The van der Waals surface area contributed by atoms with E-state index in [4.69, 9.17) is 4.74 Å². The van der Waals surface area contributed by atoms with Crippen molar-refractivity contribution in [3.63, 3.8) is 0 Å². The molecular formula is C17H24FN5O2. The minimum absolute atomic E-state index is 0.161. The maximum atomic E-state index is 13.4. The van der Waals surface area contributed by atoms with Gasteiger partial charge in [0.05, 0.1) is 24.9 Å². The first-order chi connectivity index (χ1) is 11.9. The molecule has 1 aliphatic rings. The fourth-order valence-corrected chi connectivity index (χ4v) is 3.20. The van der Waals surface area contributed by atoms with E-state index in [1.54, 1.807) is 19.1 Å². The van der Waals surface area contributed by atoms with Gasteiger partial charge in [0.2, 0.25) is 5.82 Å². The van der Waals surface area contributed by atoms with E-state index in [2.05, 4.69) is 20.3 Å². The van der Waals surface area contributed by atoms with E-state index < -0.39 is 6.10 Å². The molecule has 0 spiro atoms. The molecule has 8 heteroatoms. The van der Waals surface area contributed by atoms with Gasteiger partial charge in [0.1, 0.15) is 5.82 Å². The largest absolute Gasteiger partial charge is 0.390 e. The molecule has 0 bridgehead atoms. The molecule has 1 aromatic carbocycles. The van der Waals surface area contributed by atoms with Crippen molar-refractivity contribution >= 4 is 0 Å². The molecule has 0 unspecified atom stereocenters. The second-order valence-electron chi connectivity index (χ2n) is 6.76. The van der Waals surface area contributed by atoms with Gasteiger partial charge >= 0.3 is 0 Å². The zero-order chi connectivity index (χ0) is 18.0. The number of tetrazole rings is 1. The van der Waals surface area contributed by atoms with E-state index in [0.717, 1.165) is 13.1 Å². The summed E-state index contributed by atoms with van der Waals surface area (Å²) < 4.78 is 19.1. The van der Waals surface area contributed by atoms with Crippen molar-refractivity contribution in [2.24, 2.45) is 0 Å². The second kappa shape index (κ2) is 7.55. The number of hydrogen-bond donors (Lipinski definition) is 1. The highest BCUT2D eigenvalue weighted by Crippen LogP contribution is 2.17. The number of benzene rings is 1. The van der Waals surface area contributed by atoms with Crippen molar-refractivity contribution in [3.8, 4) is 11.4 Å². The van der Waals surface area contributed by atoms with Crippen LogP contribution in [0.4, 0.5) is 4.39 Å². The molecule has 1 fully saturated rings. The Morgan fingerprint density at radius 2 is 2.00 bits per heavy atom. The molecule has 2 aromatic rings. The fraction of sp³-hybridized carbons (Fsp3) is 0.588. The van der Waals surface area contributed by atoms with Crippen molar-refractivity contribution < 1.29 is 14.2 Å². The molecular weight excluding hydrogens is 325 g/mol. The number of rotatable bonds is 5. The van der Waals surface area contributed by atoms with E-state index in [1.807, 2.05) is 13.8 Å². The first-order valence-corrected chi connectivity index (χ1v) is 8.51. The van der Waals surface area contributed by atoms with Gasteiger partial charge in [0.15, 0.2) is 0 Å². The van der Waals surface area contributed by atoms with Crippen molar-refractivity contribution in [2.45, 2.75) is 45.6 Å². The Morgan fingerprint density at radius 1 is 1.28 bits per heavy atom. The van der Waals surface area contributed by atoms with Crippen molar-refractivity contribution in [1.29, 1.82) is 0 Å². The Kier molecular flexibility index (Phi) is 5.41. The van der Waals surface area contributed by atoms with Crippen molar-refractivity contribution in [1.82, 2.24) is 25.1 Å². The molecule has 3 atom stereocenters. The predicted molar refractivity (Wildman–Crippen MR) is 90.4 cm³/mol. The number of nitrogens with zero attached hydrogens (tertiary/aromatic N) is 5. The van der Waals surface area contributed by atoms with Gasteiger partial charge in [-0.3, -0.25) is 4.90 Å². The molecule has 7 nitrogen and oxygen atoms in total. The summed E-state index contributed by atoms with van der Waals surface area (Å²) in [7, 11) is 0. The standard InChI is InChI=1S/C17H24FN5O2/c1-11-6-14(4-5-16(11)18)17-19-21-23(20-17)10-15(24)9-22-7-12(2)25-13(3)8-22/h4-6,12-13,15,24H,7-10H2,1-3H3/t12-,13+,15-/m1/s1. The van der Waals surface area contributed by atoms with Crippen LogP contribution in [0, 0.1) is 12.7 Å². The number of morpholine rings is 1. The average molecular weight is 349 g/mol. The topological polar surface area (TPSA) is 76.3 Å². The molecule has 0 radical (unpaired) electrons. The maximum absolute atomic E-state index is 13.4. The first-order valence-electron chi connectivity index (χ1n) is 8.51. The van der Waals surface area contributed by atoms with E-state index in [9.17, 15) is 9.50 Å². The Bertz CT molecular complexity index is 713. The maximum Gasteiger partial charge on any atom is 0.204 e. The summed E-state index contributed by atoms with van der Waals surface area (Å²) in [6, 6.07) is 4.70. The minimum atomic E-state index is -0.602. The van der Waals surface area contributed by atoms with E-state index in [1.165, 1.54) is 10.9 Å². The van der Waals surface area contributed by atoms with E-state index in [-0.39, 0.29) is 24.6 Å². The molecule has 0 amide bonds. The van der Waals surface area contributed by atoms with Gasteiger partial charge in [-0.05, 0) is 49.7 Å². The van der Waals surface area contributed by atoms with Crippen LogP contribution in [-0.2, 0) is 11.3 Å². The zero-order valence-electron chi connectivity index (χ0n) is 14.8. The number of aromatic nitrogens is 4. The van der Waals surface area contributed by atoms with E-state index in [0.29, 0.717) is 23.5 Å². The Hall–Kier alpha value is -1.90. The minimum Gasteiger partial charge on any atom is -0.390 e. The number of halogens is 1.